The number of carbonyl (C=O) groups is 1. The molecule has 0 spiro atoms. The van der Waals surface area contributed by atoms with Gasteiger partial charge in [0.1, 0.15) is 5.82 Å². The number of carbonyl (C=O) groups excluding carboxylic acids is 1. The van der Waals surface area contributed by atoms with E-state index >= 15 is 0 Å². The molecule has 2 heterocycles. The summed E-state index contributed by atoms with van der Waals surface area (Å²) in [5.74, 6) is 1.53. The second kappa shape index (κ2) is 12.5. The Hall–Kier alpha value is -4.26. The minimum Gasteiger partial charge on any atom is -0.384 e. The Labute approximate surface area is 241 Å². The number of oxime groups is 1. The summed E-state index contributed by atoms with van der Waals surface area (Å²) in [5, 5.41) is 6.90. The van der Waals surface area contributed by atoms with Crippen molar-refractivity contribution in [3.05, 3.63) is 110 Å². The Morgan fingerprint density at radius 2 is 1.63 bits per heavy atom. The number of rotatable bonds is 9. The zero-order valence-electron chi connectivity index (χ0n) is 24.4. The van der Waals surface area contributed by atoms with Gasteiger partial charge in [0.15, 0.2) is 12.4 Å². The number of hydrogen-bond donors (Lipinski definition) is 1. The fourth-order valence-electron chi connectivity index (χ4n) is 5.54. The van der Waals surface area contributed by atoms with Gasteiger partial charge in [0, 0.05) is 17.6 Å². The molecule has 1 aromatic heterocycles. The van der Waals surface area contributed by atoms with Gasteiger partial charge in [-0.25, -0.2) is 4.98 Å². The first-order chi connectivity index (χ1) is 19.8. The van der Waals surface area contributed by atoms with Gasteiger partial charge in [0.25, 0.3) is 11.5 Å². The van der Waals surface area contributed by atoms with Crippen LogP contribution in [0.15, 0.2) is 76.2 Å². The number of aryl methyl sites for hydroxylation is 2. The van der Waals surface area contributed by atoms with Gasteiger partial charge >= 0.3 is 0 Å². The minimum absolute atomic E-state index is 0.00658. The molecule has 1 aliphatic heterocycles. The molecule has 1 aliphatic carbocycles. The summed E-state index contributed by atoms with van der Waals surface area (Å²) in [6, 6.07) is 16.6. The standard InChI is InChI=1S/C34H38N4O3/c1-5-8-31-30(34(40)38(23(4)35-31)27-17-13-24(14-18-27)19-22(2)3)20-25-11-15-26(16-12-25)28-9-6-7-10-29(28)33-36-32(39)21-41-37-33/h9-18,22H,5-8,19-21H2,1-4H3,(H,36,37,39). The third-order valence-electron chi connectivity index (χ3n) is 7.42. The van der Waals surface area contributed by atoms with Crippen LogP contribution in [0.5, 0.6) is 0 Å². The predicted molar refractivity (Wildman–Crippen MR) is 163 cm³/mol. The summed E-state index contributed by atoms with van der Waals surface area (Å²) in [7, 11) is 0. The summed E-state index contributed by atoms with van der Waals surface area (Å²) in [6.07, 6.45) is 9.23. The van der Waals surface area contributed by atoms with Crippen LogP contribution in [-0.2, 0) is 28.9 Å². The molecule has 2 aromatic carbocycles. The Bertz CT molecular complexity index is 1580. The van der Waals surface area contributed by atoms with E-state index in [0.717, 1.165) is 71.3 Å². The molecule has 7 heteroatoms. The molecular formula is C34H38N4O3. The van der Waals surface area contributed by atoms with Gasteiger partial charge < -0.3 is 10.2 Å². The molecule has 0 atom stereocenters. The van der Waals surface area contributed by atoms with Crippen molar-refractivity contribution in [1.82, 2.24) is 14.9 Å². The summed E-state index contributed by atoms with van der Waals surface area (Å²) < 4.78 is 1.74. The molecule has 1 amide bonds. The van der Waals surface area contributed by atoms with Crippen molar-refractivity contribution >= 4 is 17.3 Å². The highest BCUT2D eigenvalue weighted by atomic mass is 16.6. The van der Waals surface area contributed by atoms with Crippen LogP contribution < -0.4 is 10.9 Å². The lowest BCUT2D eigenvalue weighted by atomic mass is 9.90. The van der Waals surface area contributed by atoms with E-state index < -0.39 is 0 Å². The number of hydrogen-bond acceptors (Lipinski definition) is 5. The van der Waals surface area contributed by atoms with Gasteiger partial charge in [-0.3, -0.25) is 14.2 Å². The number of amides is 1. The SMILES string of the molecule is CCCc1nc(C)n(-c2ccc(CC(C)C)cc2)c(=O)c1Cc1ccc(C2=CCCC=C2C2=NOCC(=O)N2)cc1. The van der Waals surface area contributed by atoms with Crippen LogP contribution in [0.4, 0.5) is 0 Å². The van der Waals surface area contributed by atoms with Crippen LogP contribution in [0.25, 0.3) is 11.3 Å². The van der Waals surface area contributed by atoms with E-state index in [2.05, 4.69) is 79.8 Å². The molecule has 0 radical (unpaired) electrons. The van der Waals surface area contributed by atoms with Crippen LogP contribution in [0.1, 0.15) is 73.8 Å². The summed E-state index contributed by atoms with van der Waals surface area (Å²) in [5.41, 5.74) is 7.67. The number of amidine groups is 1. The Morgan fingerprint density at radius 3 is 2.29 bits per heavy atom. The molecule has 212 valence electrons. The van der Waals surface area contributed by atoms with Gasteiger partial charge in [-0.2, -0.15) is 0 Å². The highest BCUT2D eigenvalue weighted by molar-refractivity contribution is 6.17. The molecule has 0 fully saturated rings. The van der Waals surface area contributed by atoms with Crippen molar-refractivity contribution in [2.75, 3.05) is 6.61 Å². The third kappa shape index (κ3) is 6.40. The maximum absolute atomic E-state index is 14.0. The smallest absolute Gasteiger partial charge is 0.266 e. The quantitative estimate of drug-likeness (QED) is 0.362. The third-order valence-corrected chi connectivity index (χ3v) is 7.42. The van der Waals surface area contributed by atoms with Gasteiger partial charge in [0.2, 0.25) is 0 Å². The molecule has 41 heavy (non-hydrogen) atoms. The van der Waals surface area contributed by atoms with E-state index in [1.807, 2.05) is 19.1 Å². The number of allylic oxidation sites excluding steroid dienone is 2. The number of aromatic nitrogens is 2. The molecule has 5 rings (SSSR count). The van der Waals surface area contributed by atoms with Crippen molar-refractivity contribution in [3.8, 4) is 5.69 Å². The first kappa shape index (κ1) is 28.3. The second-order valence-corrected chi connectivity index (χ2v) is 11.2. The van der Waals surface area contributed by atoms with Gasteiger partial charge in [-0.05, 0) is 72.9 Å². The molecule has 1 N–H and O–H groups in total. The monoisotopic (exact) mass is 550 g/mol. The van der Waals surface area contributed by atoms with Gasteiger partial charge in [-0.1, -0.05) is 80.9 Å². The van der Waals surface area contributed by atoms with Crippen molar-refractivity contribution < 1.29 is 9.63 Å². The van der Waals surface area contributed by atoms with Crippen LogP contribution in [0.3, 0.4) is 0 Å². The van der Waals surface area contributed by atoms with Crippen LogP contribution in [-0.4, -0.2) is 27.9 Å². The van der Waals surface area contributed by atoms with E-state index in [4.69, 9.17) is 9.82 Å². The normalized spacial score (nSPS) is 15.1. The topological polar surface area (TPSA) is 85.6 Å². The number of nitrogens with zero attached hydrogens (tertiary/aromatic N) is 3. The summed E-state index contributed by atoms with van der Waals surface area (Å²) in [4.78, 5) is 35.8. The highest BCUT2D eigenvalue weighted by Gasteiger charge is 2.22. The Morgan fingerprint density at radius 1 is 0.951 bits per heavy atom. The van der Waals surface area contributed by atoms with Gasteiger partial charge in [-0.15, -0.1) is 0 Å². The molecule has 7 nitrogen and oxygen atoms in total. The predicted octanol–water partition coefficient (Wildman–Crippen LogP) is 5.85. The average Bonchev–Trinajstić information content (AvgIpc) is 2.96. The van der Waals surface area contributed by atoms with Crippen LogP contribution >= 0.6 is 0 Å². The molecule has 0 saturated heterocycles. The lowest BCUT2D eigenvalue weighted by Crippen LogP contribution is -2.38. The van der Waals surface area contributed by atoms with Crippen molar-refractivity contribution in [2.45, 2.75) is 66.2 Å². The minimum atomic E-state index is -0.206. The lowest BCUT2D eigenvalue weighted by molar-refractivity contribution is -0.125. The van der Waals surface area contributed by atoms with E-state index in [1.165, 1.54) is 5.56 Å². The highest BCUT2D eigenvalue weighted by Crippen LogP contribution is 2.30. The van der Waals surface area contributed by atoms with E-state index in [1.54, 1.807) is 4.57 Å². The van der Waals surface area contributed by atoms with E-state index in [9.17, 15) is 9.59 Å². The Kier molecular flexibility index (Phi) is 8.62. The fourth-order valence-corrected chi connectivity index (χ4v) is 5.54. The maximum Gasteiger partial charge on any atom is 0.266 e. The van der Waals surface area contributed by atoms with Crippen molar-refractivity contribution in [2.24, 2.45) is 11.1 Å². The van der Waals surface area contributed by atoms with Gasteiger partial charge in [0.05, 0.1) is 11.4 Å². The maximum atomic E-state index is 14.0. The Balaban J connectivity index is 1.44. The molecule has 0 unspecified atom stereocenters. The van der Waals surface area contributed by atoms with Crippen LogP contribution in [0, 0.1) is 12.8 Å². The van der Waals surface area contributed by atoms with Crippen molar-refractivity contribution in [3.63, 3.8) is 0 Å². The van der Waals surface area contributed by atoms with Crippen molar-refractivity contribution in [1.29, 1.82) is 0 Å². The second-order valence-electron chi connectivity index (χ2n) is 11.2. The largest absolute Gasteiger partial charge is 0.384 e. The van der Waals surface area contributed by atoms with E-state index in [-0.39, 0.29) is 18.1 Å². The zero-order valence-corrected chi connectivity index (χ0v) is 24.4. The molecular weight excluding hydrogens is 512 g/mol. The fraction of sp³-hybridized carbons (Fsp3) is 0.353. The summed E-state index contributed by atoms with van der Waals surface area (Å²) in [6.45, 7) is 8.37. The first-order valence-electron chi connectivity index (χ1n) is 14.5. The number of nitrogens with one attached hydrogen (secondary N) is 1. The first-order valence-corrected chi connectivity index (χ1v) is 14.5. The molecule has 0 saturated carbocycles. The van der Waals surface area contributed by atoms with Crippen LogP contribution in [0.2, 0.25) is 0 Å². The number of benzene rings is 2. The zero-order chi connectivity index (χ0) is 28.9. The summed E-state index contributed by atoms with van der Waals surface area (Å²) >= 11 is 0. The molecule has 0 bridgehead atoms. The van der Waals surface area contributed by atoms with E-state index in [0.29, 0.717) is 24.0 Å². The molecule has 3 aromatic rings. The lowest BCUT2D eigenvalue weighted by Gasteiger charge is -2.21. The average molecular weight is 551 g/mol. The molecule has 2 aliphatic rings.